The first-order valence-electron chi connectivity index (χ1n) is 8.42. The molecule has 1 aliphatic rings. The van der Waals surface area contributed by atoms with Crippen LogP contribution in [-0.2, 0) is 16.6 Å². The minimum absolute atomic E-state index is 0.00149. The molecule has 1 saturated carbocycles. The summed E-state index contributed by atoms with van der Waals surface area (Å²) in [4.78, 5) is 28.1. The maximum Gasteiger partial charge on any atom is 0.306 e. The number of carboxylic acids is 1. The van der Waals surface area contributed by atoms with Gasteiger partial charge >= 0.3 is 5.97 Å². The molecule has 0 spiro atoms. The number of imidazole rings is 1. The van der Waals surface area contributed by atoms with Crippen LogP contribution in [-0.4, -0.2) is 26.5 Å². The Labute approximate surface area is 140 Å². The highest BCUT2D eigenvalue weighted by Crippen LogP contribution is 2.29. The Bertz CT molecular complexity index is 760. The molecule has 1 aromatic heterocycles. The number of carbonyl (C=O) groups excluding carboxylic acids is 1. The standard InChI is InChI=1S/C18H23N3O3/c1-11(16-20-14-5-3-4-6-15(14)21(16)2)19-17(22)12-7-9-13(10-8-12)18(23)24/h3-6,11-13H,7-10H2,1-2H3,(H,19,22)(H,23,24)/t11-,12?,13?/m0/s1. The molecule has 1 fully saturated rings. The summed E-state index contributed by atoms with van der Waals surface area (Å²) in [6, 6.07) is 7.70. The van der Waals surface area contributed by atoms with E-state index in [0.717, 1.165) is 16.9 Å². The van der Waals surface area contributed by atoms with E-state index in [0.29, 0.717) is 25.7 Å². The molecule has 6 heteroatoms. The highest BCUT2D eigenvalue weighted by molar-refractivity contribution is 5.80. The largest absolute Gasteiger partial charge is 0.481 e. The van der Waals surface area contributed by atoms with E-state index in [1.165, 1.54) is 0 Å². The van der Waals surface area contributed by atoms with Crippen molar-refractivity contribution in [1.82, 2.24) is 14.9 Å². The number of fused-ring (bicyclic) bond motifs is 1. The number of nitrogens with zero attached hydrogens (tertiary/aromatic N) is 2. The summed E-state index contributed by atoms with van der Waals surface area (Å²) in [5, 5.41) is 12.1. The van der Waals surface area contributed by atoms with E-state index in [2.05, 4.69) is 10.3 Å². The van der Waals surface area contributed by atoms with Crippen LogP contribution < -0.4 is 5.32 Å². The van der Waals surface area contributed by atoms with Crippen LogP contribution in [0.15, 0.2) is 24.3 Å². The molecule has 24 heavy (non-hydrogen) atoms. The third kappa shape index (κ3) is 3.13. The van der Waals surface area contributed by atoms with Gasteiger partial charge in [0, 0.05) is 13.0 Å². The zero-order valence-electron chi connectivity index (χ0n) is 14.0. The number of hydrogen-bond donors (Lipinski definition) is 2. The Morgan fingerprint density at radius 1 is 1.21 bits per heavy atom. The molecule has 128 valence electrons. The van der Waals surface area contributed by atoms with Crippen molar-refractivity contribution >= 4 is 22.9 Å². The highest BCUT2D eigenvalue weighted by atomic mass is 16.4. The molecule has 1 heterocycles. The summed E-state index contributed by atoms with van der Waals surface area (Å²) in [5.41, 5.74) is 1.95. The molecule has 1 aromatic carbocycles. The lowest BCUT2D eigenvalue weighted by Crippen LogP contribution is -2.36. The van der Waals surface area contributed by atoms with Crippen molar-refractivity contribution in [1.29, 1.82) is 0 Å². The summed E-state index contributed by atoms with van der Waals surface area (Å²) >= 11 is 0. The van der Waals surface area contributed by atoms with Gasteiger partial charge in [0.2, 0.25) is 5.91 Å². The Kier molecular flexibility index (Phi) is 4.55. The Hall–Kier alpha value is -2.37. The fourth-order valence-electron chi connectivity index (χ4n) is 3.55. The van der Waals surface area contributed by atoms with Gasteiger partial charge in [-0.05, 0) is 44.7 Å². The molecule has 6 nitrogen and oxygen atoms in total. The summed E-state index contributed by atoms with van der Waals surface area (Å²) in [6.07, 6.45) is 2.43. The van der Waals surface area contributed by atoms with Crippen molar-refractivity contribution in [3.05, 3.63) is 30.1 Å². The number of carbonyl (C=O) groups is 2. The predicted molar refractivity (Wildman–Crippen MR) is 90.4 cm³/mol. The monoisotopic (exact) mass is 329 g/mol. The van der Waals surface area contributed by atoms with Gasteiger partial charge in [-0.25, -0.2) is 4.98 Å². The third-order valence-corrected chi connectivity index (χ3v) is 5.02. The van der Waals surface area contributed by atoms with Gasteiger partial charge in [0.1, 0.15) is 5.82 Å². The van der Waals surface area contributed by atoms with Gasteiger partial charge in [-0.1, -0.05) is 12.1 Å². The van der Waals surface area contributed by atoms with Crippen LogP contribution in [0.2, 0.25) is 0 Å². The van der Waals surface area contributed by atoms with Crippen LogP contribution in [0.4, 0.5) is 0 Å². The summed E-state index contributed by atoms with van der Waals surface area (Å²) < 4.78 is 2.00. The summed E-state index contributed by atoms with van der Waals surface area (Å²) in [5.74, 6) is -0.326. The summed E-state index contributed by atoms with van der Waals surface area (Å²) in [7, 11) is 1.95. The fraction of sp³-hybridized carbons (Fsp3) is 0.500. The number of aryl methyl sites for hydroxylation is 1. The second kappa shape index (κ2) is 6.63. The maximum absolute atomic E-state index is 12.5. The van der Waals surface area contributed by atoms with E-state index in [-0.39, 0.29) is 23.8 Å². The minimum atomic E-state index is -0.748. The zero-order valence-corrected chi connectivity index (χ0v) is 14.0. The first kappa shape index (κ1) is 16.5. The minimum Gasteiger partial charge on any atom is -0.481 e. The van der Waals surface area contributed by atoms with Crippen LogP contribution >= 0.6 is 0 Å². The number of nitrogens with one attached hydrogen (secondary N) is 1. The van der Waals surface area contributed by atoms with Crippen LogP contribution in [0, 0.1) is 11.8 Å². The molecule has 0 radical (unpaired) electrons. The molecule has 0 saturated heterocycles. The van der Waals surface area contributed by atoms with Crippen molar-refractivity contribution in [2.45, 2.75) is 38.6 Å². The highest BCUT2D eigenvalue weighted by Gasteiger charge is 2.30. The Balaban J connectivity index is 1.66. The topological polar surface area (TPSA) is 84.2 Å². The molecular formula is C18H23N3O3. The Morgan fingerprint density at radius 3 is 2.46 bits per heavy atom. The van der Waals surface area contributed by atoms with Crippen molar-refractivity contribution < 1.29 is 14.7 Å². The third-order valence-electron chi connectivity index (χ3n) is 5.02. The van der Waals surface area contributed by atoms with E-state index < -0.39 is 5.97 Å². The van der Waals surface area contributed by atoms with Gasteiger partial charge in [-0.15, -0.1) is 0 Å². The molecule has 2 N–H and O–H groups in total. The SMILES string of the molecule is C[C@H](NC(=O)C1CCC(C(=O)O)CC1)c1nc2ccccc2n1C. The first-order valence-corrected chi connectivity index (χ1v) is 8.42. The molecule has 0 aliphatic heterocycles. The van der Waals surface area contributed by atoms with Crippen molar-refractivity contribution in [2.24, 2.45) is 18.9 Å². The lowest BCUT2D eigenvalue weighted by atomic mass is 9.81. The second-order valence-corrected chi connectivity index (χ2v) is 6.63. The lowest BCUT2D eigenvalue weighted by Gasteiger charge is -2.26. The number of para-hydroxylation sites is 2. The van der Waals surface area contributed by atoms with E-state index in [1.807, 2.05) is 42.8 Å². The van der Waals surface area contributed by atoms with E-state index in [9.17, 15) is 9.59 Å². The van der Waals surface area contributed by atoms with Gasteiger partial charge in [0.15, 0.2) is 0 Å². The van der Waals surface area contributed by atoms with Gasteiger partial charge in [-0.3, -0.25) is 9.59 Å². The van der Waals surface area contributed by atoms with Gasteiger partial charge in [0.05, 0.1) is 23.0 Å². The number of amides is 1. The quantitative estimate of drug-likeness (QED) is 0.903. The van der Waals surface area contributed by atoms with E-state index in [1.54, 1.807) is 0 Å². The van der Waals surface area contributed by atoms with Crippen LogP contribution in [0.25, 0.3) is 11.0 Å². The fourth-order valence-corrected chi connectivity index (χ4v) is 3.55. The molecule has 3 rings (SSSR count). The lowest BCUT2D eigenvalue weighted by molar-refractivity contribution is -0.144. The molecule has 1 amide bonds. The Morgan fingerprint density at radius 2 is 1.83 bits per heavy atom. The van der Waals surface area contributed by atoms with Gasteiger partial charge in [-0.2, -0.15) is 0 Å². The molecule has 1 aliphatic carbocycles. The maximum atomic E-state index is 12.5. The number of benzene rings is 1. The smallest absolute Gasteiger partial charge is 0.306 e. The van der Waals surface area contributed by atoms with Crippen LogP contribution in [0.3, 0.4) is 0 Å². The molecular weight excluding hydrogens is 306 g/mol. The number of rotatable bonds is 4. The number of aliphatic carboxylic acids is 1. The zero-order chi connectivity index (χ0) is 17.3. The average Bonchev–Trinajstić information content (AvgIpc) is 2.92. The molecule has 1 atom stereocenters. The average molecular weight is 329 g/mol. The summed E-state index contributed by atoms with van der Waals surface area (Å²) in [6.45, 7) is 1.93. The van der Waals surface area contributed by atoms with E-state index in [4.69, 9.17) is 5.11 Å². The van der Waals surface area contributed by atoms with Crippen molar-refractivity contribution in [2.75, 3.05) is 0 Å². The van der Waals surface area contributed by atoms with Crippen molar-refractivity contribution in [3.8, 4) is 0 Å². The van der Waals surface area contributed by atoms with Gasteiger partial charge in [0.25, 0.3) is 0 Å². The number of hydrogen-bond acceptors (Lipinski definition) is 3. The molecule has 2 aromatic rings. The molecule has 0 unspecified atom stereocenters. The number of carboxylic acid groups (broad SMARTS) is 1. The van der Waals surface area contributed by atoms with Crippen molar-refractivity contribution in [3.63, 3.8) is 0 Å². The molecule has 0 bridgehead atoms. The first-order chi connectivity index (χ1) is 11.5. The van der Waals surface area contributed by atoms with E-state index >= 15 is 0 Å². The normalized spacial score (nSPS) is 22.2. The van der Waals surface area contributed by atoms with Crippen LogP contribution in [0.5, 0.6) is 0 Å². The number of aromatic nitrogens is 2. The van der Waals surface area contributed by atoms with Gasteiger partial charge < -0.3 is 15.0 Å². The second-order valence-electron chi connectivity index (χ2n) is 6.63. The van der Waals surface area contributed by atoms with Crippen LogP contribution in [0.1, 0.15) is 44.5 Å². The predicted octanol–water partition coefficient (Wildman–Crippen LogP) is 2.64.